The first-order chi connectivity index (χ1) is 6.70. The summed E-state index contributed by atoms with van der Waals surface area (Å²) in [6.07, 6.45) is 8.41. The highest BCUT2D eigenvalue weighted by molar-refractivity contribution is 9.09. The molecular formula is C12H23BrO. The van der Waals surface area contributed by atoms with Gasteiger partial charge in [-0.2, -0.15) is 0 Å². The molecule has 0 aromatic carbocycles. The van der Waals surface area contributed by atoms with Gasteiger partial charge in [0.05, 0.1) is 6.10 Å². The summed E-state index contributed by atoms with van der Waals surface area (Å²) in [6, 6.07) is 0. The van der Waals surface area contributed by atoms with Crippen molar-refractivity contribution in [1.29, 1.82) is 0 Å². The standard InChI is InChI=1S/C12H23BrO/c1-10(2)12(13)8-4-3-6-11-7-5-9-14-11/h10-12H,3-9H2,1-2H3. The quantitative estimate of drug-likeness (QED) is 0.517. The maximum atomic E-state index is 5.60. The minimum absolute atomic E-state index is 0.586. The highest BCUT2D eigenvalue weighted by atomic mass is 79.9. The van der Waals surface area contributed by atoms with E-state index in [-0.39, 0.29) is 0 Å². The van der Waals surface area contributed by atoms with Crippen LogP contribution in [0.3, 0.4) is 0 Å². The molecule has 0 aromatic heterocycles. The Bertz CT molecular complexity index is 137. The summed E-state index contributed by atoms with van der Waals surface area (Å²) in [5, 5.41) is 0. The summed E-state index contributed by atoms with van der Waals surface area (Å²) >= 11 is 3.72. The van der Waals surface area contributed by atoms with E-state index in [1.165, 1.54) is 38.5 Å². The van der Waals surface area contributed by atoms with E-state index < -0.39 is 0 Å². The molecule has 0 N–H and O–H groups in total. The Morgan fingerprint density at radius 3 is 2.71 bits per heavy atom. The zero-order valence-corrected chi connectivity index (χ0v) is 11.1. The Morgan fingerprint density at radius 1 is 1.36 bits per heavy atom. The van der Waals surface area contributed by atoms with Crippen LogP contribution < -0.4 is 0 Å². The van der Waals surface area contributed by atoms with Gasteiger partial charge in [0.2, 0.25) is 0 Å². The third-order valence-corrected chi connectivity index (χ3v) is 4.52. The zero-order chi connectivity index (χ0) is 10.4. The van der Waals surface area contributed by atoms with Crippen LogP contribution in [0.15, 0.2) is 0 Å². The predicted octanol–water partition coefficient (Wildman–Crippen LogP) is 4.15. The second-order valence-electron chi connectivity index (χ2n) is 4.68. The molecule has 84 valence electrons. The molecule has 0 saturated carbocycles. The lowest BCUT2D eigenvalue weighted by Gasteiger charge is -2.14. The van der Waals surface area contributed by atoms with E-state index in [9.17, 15) is 0 Å². The first-order valence-electron chi connectivity index (χ1n) is 5.96. The van der Waals surface area contributed by atoms with Crippen LogP contribution in [0, 0.1) is 5.92 Å². The van der Waals surface area contributed by atoms with Crippen LogP contribution in [0.1, 0.15) is 52.4 Å². The third kappa shape index (κ3) is 4.79. The molecular weight excluding hydrogens is 240 g/mol. The summed E-state index contributed by atoms with van der Waals surface area (Å²) in [5.41, 5.74) is 0. The van der Waals surface area contributed by atoms with Crippen molar-refractivity contribution in [3.05, 3.63) is 0 Å². The van der Waals surface area contributed by atoms with Crippen LogP contribution in [0.4, 0.5) is 0 Å². The van der Waals surface area contributed by atoms with Gasteiger partial charge in [-0.3, -0.25) is 0 Å². The number of hydrogen-bond donors (Lipinski definition) is 0. The molecule has 14 heavy (non-hydrogen) atoms. The number of halogens is 1. The molecule has 0 bridgehead atoms. The molecule has 1 saturated heterocycles. The van der Waals surface area contributed by atoms with Crippen molar-refractivity contribution in [3.8, 4) is 0 Å². The van der Waals surface area contributed by atoms with Crippen molar-refractivity contribution >= 4 is 15.9 Å². The summed E-state index contributed by atoms with van der Waals surface area (Å²) < 4.78 is 5.60. The largest absolute Gasteiger partial charge is 0.378 e. The van der Waals surface area contributed by atoms with Crippen molar-refractivity contribution in [2.24, 2.45) is 5.92 Å². The van der Waals surface area contributed by atoms with Crippen molar-refractivity contribution < 1.29 is 4.74 Å². The molecule has 1 fully saturated rings. The molecule has 1 aliphatic rings. The van der Waals surface area contributed by atoms with Gasteiger partial charge in [-0.05, 0) is 31.6 Å². The average molecular weight is 263 g/mol. The van der Waals surface area contributed by atoms with Gasteiger partial charge in [0.15, 0.2) is 0 Å². The monoisotopic (exact) mass is 262 g/mol. The smallest absolute Gasteiger partial charge is 0.0576 e. The zero-order valence-electron chi connectivity index (χ0n) is 9.47. The fourth-order valence-electron chi connectivity index (χ4n) is 1.92. The molecule has 1 heterocycles. The molecule has 2 heteroatoms. The average Bonchev–Trinajstić information content (AvgIpc) is 2.64. The van der Waals surface area contributed by atoms with Crippen LogP contribution in [0.25, 0.3) is 0 Å². The van der Waals surface area contributed by atoms with Gasteiger partial charge in [-0.15, -0.1) is 0 Å². The maximum Gasteiger partial charge on any atom is 0.0576 e. The fraction of sp³-hybridized carbons (Fsp3) is 1.00. The van der Waals surface area contributed by atoms with Crippen LogP contribution >= 0.6 is 15.9 Å². The van der Waals surface area contributed by atoms with Crippen molar-refractivity contribution in [3.63, 3.8) is 0 Å². The Hall–Kier alpha value is 0.440. The minimum Gasteiger partial charge on any atom is -0.378 e. The van der Waals surface area contributed by atoms with Crippen molar-refractivity contribution in [2.75, 3.05) is 6.61 Å². The van der Waals surface area contributed by atoms with Gasteiger partial charge in [0, 0.05) is 11.4 Å². The Morgan fingerprint density at radius 2 is 2.14 bits per heavy atom. The molecule has 1 aliphatic heterocycles. The summed E-state index contributed by atoms with van der Waals surface area (Å²) in [6.45, 7) is 5.55. The molecule has 0 amide bonds. The lowest BCUT2D eigenvalue weighted by molar-refractivity contribution is 0.102. The molecule has 2 unspecified atom stereocenters. The van der Waals surface area contributed by atoms with Gasteiger partial charge >= 0.3 is 0 Å². The maximum absolute atomic E-state index is 5.60. The van der Waals surface area contributed by atoms with Gasteiger partial charge in [0.25, 0.3) is 0 Å². The first kappa shape index (κ1) is 12.5. The highest BCUT2D eigenvalue weighted by Gasteiger charge is 2.15. The number of rotatable bonds is 6. The number of alkyl halides is 1. The lowest BCUT2D eigenvalue weighted by Crippen LogP contribution is -2.08. The van der Waals surface area contributed by atoms with E-state index in [0.29, 0.717) is 10.9 Å². The van der Waals surface area contributed by atoms with E-state index in [1.807, 2.05) is 0 Å². The topological polar surface area (TPSA) is 9.23 Å². The van der Waals surface area contributed by atoms with Crippen molar-refractivity contribution in [1.82, 2.24) is 0 Å². The molecule has 1 nitrogen and oxygen atoms in total. The van der Waals surface area contributed by atoms with Crippen LogP contribution in [-0.4, -0.2) is 17.5 Å². The Labute approximate surface area is 96.7 Å². The van der Waals surface area contributed by atoms with Gasteiger partial charge in [0.1, 0.15) is 0 Å². The van der Waals surface area contributed by atoms with Crippen LogP contribution in [-0.2, 0) is 4.74 Å². The van der Waals surface area contributed by atoms with Crippen LogP contribution in [0.2, 0.25) is 0 Å². The highest BCUT2D eigenvalue weighted by Crippen LogP contribution is 2.22. The van der Waals surface area contributed by atoms with Gasteiger partial charge in [-0.25, -0.2) is 0 Å². The second kappa shape index (κ2) is 6.84. The van der Waals surface area contributed by atoms with Crippen LogP contribution in [0.5, 0.6) is 0 Å². The summed E-state index contributed by atoms with van der Waals surface area (Å²) in [4.78, 5) is 0.701. The molecule has 2 atom stereocenters. The fourth-order valence-corrected chi connectivity index (χ4v) is 2.24. The van der Waals surface area contributed by atoms with E-state index in [4.69, 9.17) is 4.74 Å². The summed E-state index contributed by atoms with van der Waals surface area (Å²) in [7, 11) is 0. The molecule has 0 spiro atoms. The second-order valence-corrected chi connectivity index (χ2v) is 5.86. The Balaban J connectivity index is 1.93. The van der Waals surface area contributed by atoms with Gasteiger partial charge in [-0.1, -0.05) is 42.6 Å². The normalized spacial score (nSPS) is 24.4. The molecule has 0 aliphatic carbocycles. The Kier molecular flexibility index (Phi) is 6.11. The number of unbranched alkanes of at least 4 members (excludes halogenated alkanes) is 1. The molecule has 1 rings (SSSR count). The first-order valence-corrected chi connectivity index (χ1v) is 6.87. The molecule has 0 radical (unpaired) electrons. The van der Waals surface area contributed by atoms with E-state index in [2.05, 4.69) is 29.8 Å². The SMILES string of the molecule is CC(C)C(Br)CCCCC1CCCO1. The summed E-state index contributed by atoms with van der Waals surface area (Å²) in [5.74, 6) is 0.762. The molecule has 0 aromatic rings. The van der Waals surface area contributed by atoms with Crippen molar-refractivity contribution in [2.45, 2.75) is 63.3 Å². The number of ether oxygens (including phenoxy) is 1. The lowest BCUT2D eigenvalue weighted by atomic mass is 10.0. The third-order valence-electron chi connectivity index (χ3n) is 3.00. The van der Waals surface area contributed by atoms with E-state index in [1.54, 1.807) is 0 Å². The van der Waals surface area contributed by atoms with E-state index >= 15 is 0 Å². The predicted molar refractivity (Wildman–Crippen MR) is 65.0 cm³/mol. The van der Waals surface area contributed by atoms with Gasteiger partial charge < -0.3 is 4.74 Å². The number of hydrogen-bond acceptors (Lipinski definition) is 1. The van der Waals surface area contributed by atoms with E-state index in [0.717, 1.165) is 12.5 Å². The minimum atomic E-state index is 0.586.